The first kappa shape index (κ1) is 17.0. The number of carbonyl (C=O) groups excluding carboxylic acids is 2. The van der Waals surface area contributed by atoms with Gasteiger partial charge in [-0.05, 0) is 73.8 Å². The lowest BCUT2D eigenvalue weighted by atomic mass is 9.72. The molecule has 2 fully saturated rings. The zero-order valence-corrected chi connectivity index (χ0v) is 15.3. The van der Waals surface area contributed by atoms with Crippen molar-refractivity contribution in [3.8, 4) is 5.75 Å². The van der Waals surface area contributed by atoms with E-state index in [-0.39, 0.29) is 23.4 Å². The van der Waals surface area contributed by atoms with Gasteiger partial charge in [0.05, 0.1) is 7.11 Å². The molecule has 0 radical (unpaired) electrons. The Morgan fingerprint density at radius 3 is 2.12 bits per heavy atom. The van der Waals surface area contributed by atoms with E-state index in [1.807, 2.05) is 36.4 Å². The van der Waals surface area contributed by atoms with Gasteiger partial charge in [-0.2, -0.15) is 0 Å². The molecule has 0 heterocycles. The molecule has 2 bridgehead atoms. The Morgan fingerprint density at radius 1 is 0.885 bits per heavy atom. The van der Waals surface area contributed by atoms with Gasteiger partial charge in [-0.25, -0.2) is 0 Å². The topological polar surface area (TPSA) is 43.4 Å². The minimum atomic E-state index is 0.0466. The molecule has 0 aliphatic heterocycles. The second-order valence-electron chi connectivity index (χ2n) is 7.66. The summed E-state index contributed by atoms with van der Waals surface area (Å²) in [5.74, 6) is 2.47. The summed E-state index contributed by atoms with van der Waals surface area (Å²) in [5, 5.41) is 0. The van der Waals surface area contributed by atoms with E-state index < -0.39 is 0 Å². The minimum Gasteiger partial charge on any atom is -0.497 e. The third kappa shape index (κ3) is 2.86. The Hall–Kier alpha value is -2.42. The molecule has 3 nitrogen and oxygen atoms in total. The Bertz CT molecular complexity index is 820. The lowest BCUT2D eigenvalue weighted by Crippen LogP contribution is -2.28. The van der Waals surface area contributed by atoms with Crippen LogP contribution in [-0.2, 0) is 0 Å². The fraction of sp³-hybridized carbons (Fsp3) is 0.391. The summed E-state index contributed by atoms with van der Waals surface area (Å²) in [6.45, 7) is 1.59. The van der Waals surface area contributed by atoms with E-state index in [2.05, 4.69) is 12.1 Å². The number of benzene rings is 2. The zero-order valence-electron chi connectivity index (χ0n) is 15.3. The molecule has 0 spiro atoms. The van der Waals surface area contributed by atoms with Crippen LogP contribution in [0.1, 0.15) is 58.4 Å². The van der Waals surface area contributed by atoms with Gasteiger partial charge in [0.15, 0.2) is 11.6 Å². The zero-order chi connectivity index (χ0) is 18.3. The largest absolute Gasteiger partial charge is 0.497 e. The van der Waals surface area contributed by atoms with Crippen LogP contribution in [0.25, 0.3) is 0 Å². The van der Waals surface area contributed by atoms with E-state index in [0.717, 1.165) is 29.7 Å². The van der Waals surface area contributed by atoms with Crippen molar-refractivity contribution < 1.29 is 14.3 Å². The van der Waals surface area contributed by atoms with Gasteiger partial charge in [0.1, 0.15) is 5.75 Å². The number of hydrogen-bond donors (Lipinski definition) is 0. The van der Waals surface area contributed by atoms with Crippen molar-refractivity contribution in [1.29, 1.82) is 0 Å². The van der Waals surface area contributed by atoms with Crippen molar-refractivity contribution in [3.05, 3.63) is 65.2 Å². The molecule has 3 heteroatoms. The molecule has 0 aromatic heterocycles. The SMILES string of the molecule is COc1ccc(C(=O)[C@H]2[C@H]3CC[C@H](C3)[C@H]2c2ccc(C(C)=O)cc2)cc1. The summed E-state index contributed by atoms with van der Waals surface area (Å²) in [7, 11) is 1.63. The van der Waals surface area contributed by atoms with Crippen molar-refractivity contribution in [2.24, 2.45) is 17.8 Å². The molecule has 2 aliphatic rings. The maximum atomic E-state index is 13.3. The van der Waals surface area contributed by atoms with Gasteiger partial charge in [0.25, 0.3) is 0 Å². The van der Waals surface area contributed by atoms with Crippen LogP contribution in [0.3, 0.4) is 0 Å². The molecule has 4 rings (SSSR count). The average Bonchev–Trinajstić information content (AvgIpc) is 3.29. The number of carbonyl (C=O) groups is 2. The van der Waals surface area contributed by atoms with Crippen LogP contribution >= 0.6 is 0 Å². The van der Waals surface area contributed by atoms with Crippen LogP contribution in [0.4, 0.5) is 0 Å². The van der Waals surface area contributed by atoms with Crippen molar-refractivity contribution in [1.82, 2.24) is 0 Å². The van der Waals surface area contributed by atoms with E-state index in [0.29, 0.717) is 11.8 Å². The first-order valence-corrected chi connectivity index (χ1v) is 9.37. The minimum absolute atomic E-state index is 0.0466. The van der Waals surface area contributed by atoms with Crippen molar-refractivity contribution in [2.45, 2.75) is 32.1 Å². The second kappa shape index (κ2) is 6.71. The van der Waals surface area contributed by atoms with Gasteiger partial charge in [-0.3, -0.25) is 9.59 Å². The fourth-order valence-corrected chi connectivity index (χ4v) is 5.04. The molecule has 0 amide bonds. The highest BCUT2D eigenvalue weighted by molar-refractivity contribution is 5.99. The number of ketones is 2. The predicted octanol–water partition coefficient (Wildman–Crippen LogP) is 4.91. The molecule has 2 saturated carbocycles. The van der Waals surface area contributed by atoms with Crippen LogP contribution in [0.2, 0.25) is 0 Å². The summed E-state index contributed by atoms with van der Waals surface area (Å²) in [6, 6.07) is 15.4. The van der Waals surface area contributed by atoms with Gasteiger partial charge in [0, 0.05) is 17.0 Å². The van der Waals surface area contributed by atoms with E-state index in [4.69, 9.17) is 4.74 Å². The summed E-state index contributed by atoms with van der Waals surface area (Å²) in [6.07, 6.45) is 3.50. The van der Waals surface area contributed by atoms with E-state index in [1.54, 1.807) is 14.0 Å². The van der Waals surface area contributed by atoms with Crippen LogP contribution < -0.4 is 4.74 Å². The lowest BCUT2D eigenvalue weighted by molar-refractivity contribution is 0.0852. The molecule has 2 aromatic rings. The number of fused-ring (bicyclic) bond motifs is 2. The number of methoxy groups -OCH3 is 1. The van der Waals surface area contributed by atoms with Crippen molar-refractivity contribution in [3.63, 3.8) is 0 Å². The average molecular weight is 348 g/mol. The van der Waals surface area contributed by atoms with Gasteiger partial charge in [-0.1, -0.05) is 24.3 Å². The maximum Gasteiger partial charge on any atom is 0.166 e. The quantitative estimate of drug-likeness (QED) is 0.721. The smallest absolute Gasteiger partial charge is 0.166 e. The number of Topliss-reactive ketones (excluding diaryl/α,β-unsaturated/α-hetero) is 2. The molecule has 0 N–H and O–H groups in total. The first-order valence-electron chi connectivity index (χ1n) is 9.37. The highest BCUT2D eigenvalue weighted by Gasteiger charge is 2.51. The molecular weight excluding hydrogens is 324 g/mol. The van der Waals surface area contributed by atoms with Gasteiger partial charge < -0.3 is 4.74 Å². The third-order valence-corrected chi connectivity index (χ3v) is 6.30. The standard InChI is InChI=1S/C23H24O3/c1-14(24)15-3-5-16(6-4-15)21-18-7-8-19(13-18)22(21)23(25)17-9-11-20(26-2)12-10-17/h3-6,9-12,18-19,21-22H,7-8,13H2,1-2H3/t18-,19+,21-,22+/m1/s1. The second-order valence-corrected chi connectivity index (χ2v) is 7.66. The van der Waals surface area contributed by atoms with Crippen LogP contribution in [-0.4, -0.2) is 18.7 Å². The summed E-state index contributed by atoms with van der Waals surface area (Å²) in [4.78, 5) is 24.9. The monoisotopic (exact) mass is 348 g/mol. The van der Waals surface area contributed by atoms with Crippen LogP contribution in [0.5, 0.6) is 5.75 Å². The molecule has 4 atom stereocenters. The Kier molecular flexibility index (Phi) is 4.39. The summed E-state index contributed by atoms with van der Waals surface area (Å²) in [5.41, 5.74) is 2.71. The Morgan fingerprint density at radius 2 is 1.50 bits per heavy atom. The van der Waals surface area contributed by atoms with E-state index >= 15 is 0 Å². The van der Waals surface area contributed by atoms with E-state index in [1.165, 1.54) is 12.0 Å². The Balaban J connectivity index is 1.64. The molecule has 26 heavy (non-hydrogen) atoms. The Labute approximate surface area is 154 Å². The first-order chi connectivity index (χ1) is 12.6. The van der Waals surface area contributed by atoms with Crippen LogP contribution in [0.15, 0.2) is 48.5 Å². The van der Waals surface area contributed by atoms with Crippen molar-refractivity contribution >= 4 is 11.6 Å². The van der Waals surface area contributed by atoms with E-state index in [9.17, 15) is 9.59 Å². The predicted molar refractivity (Wildman–Crippen MR) is 101 cm³/mol. The van der Waals surface area contributed by atoms with Gasteiger partial charge in [0.2, 0.25) is 0 Å². The summed E-state index contributed by atoms with van der Waals surface area (Å²) >= 11 is 0. The molecule has 2 aromatic carbocycles. The normalized spacial score (nSPS) is 26.7. The van der Waals surface area contributed by atoms with Crippen molar-refractivity contribution in [2.75, 3.05) is 7.11 Å². The number of ether oxygens (including phenoxy) is 1. The lowest BCUT2D eigenvalue weighted by Gasteiger charge is -2.30. The van der Waals surface area contributed by atoms with Gasteiger partial charge in [-0.15, -0.1) is 0 Å². The molecule has 0 unspecified atom stereocenters. The maximum absolute atomic E-state index is 13.3. The third-order valence-electron chi connectivity index (χ3n) is 6.30. The van der Waals surface area contributed by atoms with Crippen LogP contribution in [0, 0.1) is 17.8 Å². The fourth-order valence-electron chi connectivity index (χ4n) is 5.04. The molecule has 134 valence electrons. The number of hydrogen-bond acceptors (Lipinski definition) is 3. The molecular formula is C23H24O3. The summed E-state index contributed by atoms with van der Waals surface area (Å²) < 4.78 is 5.21. The highest BCUT2D eigenvalue weighted by Crippen LogP contribution is 2.57. The highest BCUT2D eigenvalue weighted by atomic mass is 16.5. The molecule has 0 saturated heterocycles. The molecule has 2 aliphatic carbocycles. The van der Waals surface area contributed by atoms with Gasteiger partial charge >= 0.3 is 0 Å². The number of rotatable bonds is 5.